The Morgan fingerprint density at radius 3 is 2.46 bits per heavy atom. The van der Waals surface area contributed by atoms with E-state index in [-0.39, 0.29) is 36.4 Å². The molecule has 1 amide bonds. The Labute approximate surface area is 147 Å². The van der Waals surface area contributed by atoms with Crippen molar-refractivity contribution < 1.29 is 23.0 Å². The number of halogens is 3. The lowest BCUT2D eigenvalue weighted by molar-refractivity contribution is -0.124. The van der Waals surface area contributed by atoms with Crippen molar-refractivity contribution in [1.82, 2.24) is 5.32 Å². The summed E-state index contributed by atoms with van der Waals surface area (Å²) in [7, 11) is 0. The zero-order valence-corrected chi connectivity index (χ0v) is 15.1. The van der Waals surface area contributed by atoms with Crippen molar-refractivity contribution in [3.05, 3.63) is 23.8 Å². The van der Waals surface area contributed by atoms with E-state index in [2.05, 4.69) is 10.1 Å². The molecule has 0 unspecified atom stereocenters. The molecule has 0 aliphatic rings. The normalized spacial score (nSPS) is 12.3. The topological polar surface area (TPSA) is 73.6 Å². The minimum atomic E-state index is -2.98. The second kappa shape index (κ2) is 9.64. The molecule has 0 fully saturated rings. The first-order chi connectivity index (χ1) is 10.7. The van der Waals surface area contributed by atoms with Crippen LogP contribution in [0.3, 0.4) is 0 Å². The Bertz CT molecular complexity index is 537. The molecule has 8 heteroatoms. The van der Waals surface area contributed by atoms with E-state index in [1.807, 2.05) is 20.8 Å². The average Bonchev–Trinajstić information content (AvgIpc) is 2.45. The molecule has 1 atom stereocenters. The van der Waals surface area contributed by atoms with E-state index in [0.29, 0.717) is 12.2 Å². The van der Waals surface area contributed by atoms with Gasteiger partial charge in [0.1, 0.15) is 0 Å². The number of alkyl halides is 2. The van der Waals surface area contributed by atoms with Crippen molar-refractivity contribution in [1.29, 1.82) is 0 Å². The number of rotatable bonds is 7. The van der Waals surface area contributed by atoms with Crippen LogP contribution in [-0.4, -0.2) is 25.2 Å². The van der Waals surface area contributed by atoms with Gasteiger partial charge in [-0.05, 0) is 18.4 Å². The summed E-state index contributed by atoms with van der Waals surface area (Å²) >= 11 is 0. The first kappa shape index (κ1) is 22.4. The highest BCUT2D eigenvalue weighted by atomic mass is 35.5. The fourth-order valence-electron chi connectivity index (χ4n) is 1.88. The molecule has 0 aliphatic carbocycles. The molecule has 0 heterocycles. The maximum absolute atomic E-state index is 12.6. The number of ether oxygens (including phenoxy) is 2. The summed E-state index contributed by atoms with van der Waals surface area (Å²) in [6.45, 7) is 4.62. The molecular formula is C16H25ClF2N2O3. The van der Waals surface area contributed by atoms with Gasteiger partial charge >= 0.3 is 6.61 Å². The zero-order chi connectivity index (χ0) is 17.6. The van der Waals surface area contributed by atoms with E-state index in [9.17, 15) is 13.6 Å². The van der Waals surface area contributed by atoms with Gasteiger partial charge in [0.05, 0.1) is 12.6 Å². The van der Waals surface area contributed by atoms with Gasteiger partial charge in [0.25, 0.3) is 0 Å². The molecule has 1 rings (SSSR count). The summed E-state index contributed by atoms with van der Waals surface area (Å²) in [5.41, 5.74) is 5.86. The van der Waals surface area contributed by atoms with E-state index in [1.54, 1.807) is 19.1 Å². The molecule has 5 nitrogen and oxygen atoms in total. The smallest absolute Gasteiger partial charge is 0.387 e. The molecule has 0 saturated carbocycles. The number of amides is 1. The summed E-state index contributed by atoms with van der Waals surface area (Å²) in [6.07, 6.45) is 0. The number of carbonyl (C=O) groups excluding carboxylic acids is 1. The van der Waals surface area contributed by atoms with Crippen molar-refractivity contribution in [2.45, 2.75) is 46.9 Å². The van der Waals surface area contributed by atoms with Crippen LogP contribution in [0.4, 0.5) is 8.78 Å². The molecule has 3 N–H and O–H groups in total. The second-order valence-corrected chi connectivity index (χ2v) is 6.12. The zero-order valence-electron chi connectivity index (χ0n) is 14.3. The molecule has 0 spiro atoms. The first-order valence-corrected chi connectivity index (χ1v) is 7.39. The summed E-state index contributed by atoms with van der Waals surface area (Å²) in [4.78, 5) is 12.1. The number of para-hydroxylation sites is 1. The quantitative estimate of drug-likeness (QED) is 0.777. The number of benzene rings is 1. The summed E-state index contributed by atoms with van der Waals surface area (Å²) in [5.74, 6) is -0.226. The Hall–Kier alpha value is -1.60. The van der Waals surface area contributed by atoms with Gasteiger partial charge in [-0.3, -0.25) is 4.79 Å². The number of carbonyl (C=O) groups is 1. The van der Waals surface area contributed by atoms with Crippen molar-refractivity contribution in [3.63, 3.8) is 0 Å². The molecule has 0 radical (unpaired) electrons. The van der Waals surface area contributed by atoms with E-state index in [0.717, 1.165) is 0 Å². The molecule has 138 valence electrons. The second-order valence-electron chi connectivity index (χ2n) is 6.12. The van der Waals surface area contributed by atoms with Gasteiger partial charge < -0.3 is 20.5 Å². The van der Waals surface area contributed by atoms with E-state index in [1.165, 1.54) is 6.07 Å². The van der Waals surface area contributed by atoms with Crippen LogP contribution in [-0.2, 0) is 11.3 Å². The third-order valence-electron chi connectivity index (χ3n) is 3.24. The summed E-state index contributed by atoms with van der Waals surface area (Å²) in [6, 6.07) is 4.06. The van der Waals surface area contributed by atoms with Gasteiger partial charge in [-0.2, -0.15) is 8.78 Å². The highest BCUT2D eigenvalue weighted by Crippen LogP contribution is 2.32. The van der Waals surface area contributed by atoms with Crippen molar-refractivity contribution >= 4 is 18.3 Å². The number of hydrogen-bond acceptors (Lipinski definition) is 4. The molecule has 1 aromatic rings. The maximum Gasteiger partial charge on any atom is 0.387 e. The molecule has 1 aromatic carbocycles. The molecule has 0 bridgehead atoms. The van der Waals surface area contributed by atoms with E-state index >= 15 is 0 Å². The summed E-state index contributed by atoms with van der Waals surface area (Å²) < 4.78 is 35.1. The highest BCUT2D eigenvalue weighted by Gasteiger charge is 2.27. The van der Waals surface area contributed by atoms with Crippen LogP contribution >= 0.6 is 12.4 Å². The van der Waals surface area contributed by atoms with Crippen LogP contribution in [0.15, 0.2) is 18.2 Å². The van der Waals surface area contributed by atoms with Gasteiger partial charge in [-0.1, -0.05) is 32.9 Å². The molecule has 24 heavy (non-hydrogen) atoms. The largest absolute Gasteiger partial charge is 0.490 e. The van der Waals surface area contributed by atoms with E-state index in [4.69, 9.17) is 10.5 Å². The van der Waals surface area contributed by atoms with Crippen LogP contribution < -0.4 is 20.5 Å². The minimum Gasteiger partial charge on any atom is -0.490 e. The third kappa shape index (κ3) is 6.49. The Morgan fingerprint density at radius 2 is 1.96 bits per heavy atom. The number of hydrogen-bond donors (Lipinski definition) is 2. The Balaban J connectivity index is 0.00000529. The fraction of sp³-hybridized carbons (Fsp3) is 0.562. The Kier molecular flexibility index (Phi) is 8.99. The monoisotopic (exact) mass is 366 g/mol. The lowest BCUT2D eigenvalue weighted by atomic mass is 9.87. The molecule has 0 saturated heterocycles. The lowest BCUT2D eigenvalue weighted by Crippen LogP contribution is -2.48. The minimum absolute atomic E-state index is 0. The fourth-order valence-corrected chi connectivity index (χ4v) is 1.88. The van der Waals surface area contributed by atoms with Crippen LogP contribution in [0.5, 0.6) is 11.5 Å². The summed E-state index contributed by atoms with van der Waals surface area (Å²) in [5, 5.41) is 2.64. The molecular weight excluding hydrogens is 342 g/mol. The average molecular weight is 367 g/mol. The lowest BCUT2D eigenvalue weighted by Gasteiger charge is -2.26. The van der Waals surface area contributed by atoms with Crippen LogP contribution in [0.25, 0.3) is 0 Å². The first-order valence-electron chi connectivity index (χ1n) is 7.39. The Morgan fingerprint density at radius 1 is 1.33 bits per heavy atom. The predicted molar refractivity (Wildman–Crippen MR) is 90.8 cm³/mol. The van der Waals surface area contributed by atoms with Gasteiger partial charge in [0.15, 0.2) is 11.5 Å². The van der Waals surface area contributed by atoms with Gasteiger partial charge in [0.2, 0.25) is 5.91 Å². The highest BCUT2D eigenvalue weighted by molar-refractivity contribution is 5.85. The number of nitrogens with one attached hydrogen (secondary N) is 1. The molecule has 0 aliphatic heterocycles. The van der Waals surface area contributed by atoms with Crippen molar-refractivity contribution in [2.75, 3.05) is 6.61 Å². The maximum atomic E-state index is 12.6. The van der Waals surface area contributed by atoms with Crippen molar-refractivity contribution in [2.24, 2.45) is 11.1 Å². The van der Waals surface area contributed by atoms with Crippen LogP contribution in [0, 0.1) is 5.41 Å². The van der Waals surface area contributed by atoms with Gasteiger partial charge in [-0.25, -0.2) is 0 Å². The third-order valence-corrected chi connectivity index (χ3v) is 3.24. The van der Waals surface area contributed by atoms with Crippen LogP contribution in [0.1, 0.15) is 33.3 Å². The van der Waals surface area contributed by atoms with Crippen LogP contribution in [0.2, 0.25) is 0 Å². The predicted octanol–water partition coefficient (Wildman–Crippen LogP) is 3.10. The van der Waals surface area contributed by atoms with Gasteiger partial charge in [0, 0.05) is 12.1 Å². The number of nitrogens with two attached hydrogens (primary N) is 1. The van der Waals surface area contributed by atoms with Crippen molar-refractivity contribution in [3.8, 4) is 11.5 Å². The standard InChI is InChI=1S/C16H24F2N2O3.ClH/c1-5-22-11-8-6-7-10(12(11)23-15(17)18)9-20-14(21)13(19)16(2,3)4;/h6-8,13,15H,5,9,19H2,1-4H3,(H,20,21);1H/t13-;/m1./s1. The SMILES string of the molecule is CCOc1cccc(CNC(=O)[C@@H](N)C(C)(C)C)c1OC(F)F.Cl. The molecule has 0 aromatic heterocycles. The van der Waals surface area contributed by atoms with E-state index < -0.39 is 18.1 Å². The van der Waals surface area contributed by atoms with Gasteiger partial charge in [-0.15, -0.1) is 12.4 Å².